The molecule has 1 aromatic heterocycles. The lowest BCUT2D eigenvalue weighted by atomic mass is 9.92. The molecule has 1 amide bonds. The Kier molecular flexibility index (Phi) is 5.38. The molecular weight excluding hydrogens is 344 g/mol. The molecule has 144 valence electrons. The number of aromatic amines is 1. The van der Waals surface area contributed by atoms with Crippen LogP contribution >= 0.6 is 0 Å². The second kappa shape index (κ2) is 8.08. The van der Waals surface area contributed by atoms with Gasteiger partial charge in [0.25, 0.3) is 5.91 Å². The van der Waals surface area contributed by atoms with Crippen LogP contribution in [-0.4, -0.2) is 51.4 Å². The number of carbonyl (C=O) groups is 1. The van der Waals surface area contributed by atoms with Gasteiger partial charge in [-0.2, -0.15) is 5.10 Å². The molecule has 0 aliphatic carbocycles. The van der Waals surface area contributed by atoms with E-state index in [9.17, 15) is 9.59 Å². The van der Waals surface area contributed by atoms with Crippen LogP contribution in [0.2, 0.25) is 0 Å². The molecule has 1 N–H and O–H groups in total. The minimum absolute atomic E-state index is 0.147. The topological polar surface area (TPSA) is 80.2 Å². The van der Waals surface area contributed by atoms with Crippen LogP contribution in [0.25, 0.3) is 5.69 Å². The highest BCUT2D eigenvalue weighted by Crippen LogP contribution is 2.24. The number of amides is 1. The summed E-state index contributed by atoms with van der Waals surface area (Å²) in [6.45, 7) is 2.20. The third kappa shape index (κ3) is 3.98. The van der Waals surface area contributed by atoms with E-state index in [0.29, 0.717) is 12.5 Å². The van der Waals surface area contributed by atoms with E-state index >= 15 is 0 Å². The maximum absolute atomic E-state index is 12.6. The lowest BCUT2D eigenvalue weighted by Gasteiger charge is -2.35. The summed E-state index contributed by atoms with van der Waals surface area (Å²) in [6.07, 6.45) is 5.31. The first-order chi connectivity index (χ1) is 13.2. The number of benzene rings is 1. The summed E-state index contributed by atoms with van der Waals surface area (Å²) in [4.78, 5) is 26.7. The first-order valence-electron chi connectivity index (χ1n) is 9.84. The number of nitrogens with one attached hydrogen (secondary N) is 1. The molecule has 2 saturated heterocycles. The zero-order chi connectivity index (χ0) is 18.6. The first-order valence-corrected chi connectivity index (χ1v) is 9.84. The number of carbonyl (C=O) groups excluding carboxylic acids is 1. The van der Waals surface area contributed by atoms with Crippen molar-refractivity contribution in [1.82, 2.24) is 19.7 Å². The Morgan fingerprint density at radius 1 is 1.15 bits per heavy atom. The van der Waals surface area contributed by atoms with Gasteiger partial charge in [0.2, 0.25) is 0 Å². The molecule has 0 unspecified atom stereocenters. The van der Waals surface area contributed by atoms with E-state index in [0.717, 1.165) is 63.1 Å². The molecule has 0 bridgehead atoms. The van der Waals surface area contributed by atoms with Crippen LogP contribution in [0, 0.1) is 5.92 Å². The Balaban J connectivity index is 1.37. The number of likely N-dealkylation sites (tertiary alicyclic amines) is 1. The Labute approximate surface area is 158 Å². The molecule has 2 fully saturated rings. The van der Waals surface area contributed by atoms with Gasteiger partial charge in [-0.05, 0) is 50.2 Å². The predicted molar refractivity (Wildman–Crippen MR) is 101 cm³/mol. The van der Waals surface area contributed by atoms with Crippen molar-refractivity contribution in [3.8, 4) is 5.69 Å². The van der Waals surface area contributed by atoms with Crippen molar-refractivity contribution in [2.45, 2.75) is 44.6 Å². The third-order valence-corrected chi connectivity index (χ3v) is 5.61. The van der Waals surface area contributed by atoms with Gasteiger partial charge in [0.15, 0.2) is 0 Å². The van der Waals surface area contributed by atoms with E-state index < -0.39 is 0 Å². The summed E-state index contributed by atoms with van der Waals surface area (Å²) in [5.74, 6) is 1.32. The molecular formula is C20H26N4O3. The second-order valence-electron chi connectivity index (χ2n) is 7.44. The largest absolute Gasteiger partial charge is 0.368 e. The van der Waals surface area contributed by atoms with Gasteiger partial charge in [0.05, 0.1) is 5.69 Å². The quantitative estimate of drug-likeness (QED) is 0.892. The van der Waals surface area contributed by atoms with E-state index in [1.54, 1.807) is 4.57 Å². The third-order valence-electron chi connectivity index (χ3n) is 5.61. The minimum atomic E-state index is -0.245. The van der Waals surface area contributed by atoms with E-state index in [-0.39, 0.29) is 17.7 Å². The molecule has 2 aliphatic heterocycles. The van der Waals surface area contributed by atoms with E-state index in [1.807, 2.05) is 35.2 Å². The standard InChI is InChI=1S/C20H26N4O3/c25-19(17-8-4-5-13-27-17)23-11-9-15(10-12-23)14-18-21-22-20(26)24(18)16-6-2-1-3-7-16/h1-3,6-7,15,17H,4-5,8-14H2,(H,22,26)/t17-/m0/s1. The zero-order valence-corrected chi connectivity index (χ0v) is 15.5. The van der Waals surface area contributed by atoms with Crippen molar-refractivity contribution in [3.63, 3.8) is 0 Å². The Morgan fingerprint density at radius 3 is 2.63 bits per heavy atom. The molecule has 3 heterocycles. The average molecular weight is 370 g/mol. The highest BCUT2D eigenvalue weighted by atomic mass is 16.5. The first kappa shape index (κ1) is 18.0. The molecule has 2 aromatic rings. The van der Waals surface area contributed by atoms with Gasteiger partial charge in [0, 0.05) is 26.1 Å². The normalized spacial score (nSPS) is 21.3. The van der Waals surface area contributed by atoms with Crippen LogP contribution in [0.4, 0.5) is 0 Å². The van der Waals surface area contributed by atoms with Gasteiger partial charge < -0.3 is 9.64 Å². The van der Waals surface area contributed by atoms with Crippen LogP contribution < -0.4 is 5.69 Å². The van der Waals surface area contributed by atoms with Crippen molar-refractivity contribution in [2.24, 2.45) is 5.92 Å². The van der Waals surface area contributed by atoms with Gasteiger partial charge >= 0.3 is 5.69 Å². The van der Waals surface area contributed by atoms with Crippen LogP contribution in [0.5, 0.6) is 0 Å². The molecule has 27 heavy (non-hydrogen) atoms. The molecule has 0 spiro atoms. The summed E-state index contributed by atoms with van der Waals surface area (Å²) in [5.41, 5.74) is 0.617. The molecule has 0 radical (unpaired) electrons. The smallest absolute Gasteiger partial charge is 0.347 e. The summed E-state index contributed by atoms with van der Waals surface area (Å²) >= 11 is 0. The fraction of sp³-hybridized carbons (Fsp3) is 0.550. The molecule has 1 atom stereocenters. The maximum atomic E-state index is 12.6. The molecule has 1 aromatic carbocycles. The van der Waals surface area contributed by atoms with E-state index in [2.05, 4.69) is 10.2 Å². The fourth-order valence-corrected chi connectivity index (χ4v) is 4.06. The van der Waals surface area contributed by atoms with Crippen LogP contribution in [0.1, 0.15) is 37.9 Å². The number of hydrogen-bond acceptors (Lipinski definition) is 4. The van der Waals surface area contributed by atoms with Gasteiger partial charge in [-0.15, -0.1) is 0 Å². The number of aromatic nitrogens is 3. The second-order valence-corrected chi connectivity index (χ2v) is 7.44. The molecule has 7 heteroatoms. The van der Waals surface area contributed by atoms with Crippen LogP contribution in [0.15, 0.2) is 35.1 Å². The Bertz CT molecular complexity index is 815. The van der Waals surface area contributed by atoms with Crippen molar-refractivity contribution >= 4 is 5.91 Å². The summed E-state index contributed by atoms with van der Waals surface area (Å²) in [7, 11) is 0. The average Bonchev–Trinajstić information content (AvgIpc) is 3.09. The SMILES string of the molecule is O=C([C@@H]1CCCCO1)N1CCC(Cc2n[nH]c(=O)n2-c2ccccc2)CC1. The highest BCUT2D eigenvalue weighted by molar-refractivity contribution is 5.81. The van der Waals surface area contributed by atoms with Crippen molar-refractivity contribution in [3.05, 3.63) is 46.6 Å². The van der Waals surface area contributed by atoms with Gasteiger partial charge in [-0.25, -0.2) is 14.5 Å². The van der Waals surface area contributed by atoms with Crippen LogP contribution in [-0.2, 0) is 16.0 Å². The van der Waals surface area contributed by atoms with E-state index in [1.165, 1.54) is 0 Å². The number of rotatable bonds is 4. The number of piperidine rings is 1. The Hall–Kier alpha value is -2.41. The highest BCUT2D eigenvalue weighted by Gasteiger charge is 2.30. The lowest BCUT2D eigenvalue weighted by Crippen LogP contribution is -2.46. The lowest BCUT2D eigenvalue weighted by molar-refractivity contribution is -0.147. The molecule has 4 rings (SSSR count). The van der Waals surface area contributed by atoms with Crippen molar-refractivity contribution < 1.29 is 9.53 Å². The van der Waals surface area contributed by atoms with Crippen LogP contribution in [0.3, 0.4) is 0 Å². The number of ether oxygens (including phenoxy) is 1. The zero-order valence-electron chi connectivity index (χ0n) is 15.5. The molecule has 7 nitrogen and oxygen atoms in total. The predicted octanol–water partition coefficient (Wildman–Crippen LogP) is 1.91. The summed E-state index contributed by atoms with van der Waals surface area (Å²) in [5, 5.41) is 6.81. The number of H-pyrrole nitrogens is 1. The summed E-state index contributed by atoms with van der Waals surface area (Å²) in [6, 6.07) is 9.57. The monoisotopic (exact) mass is 370 g/mol. The number of para-hydroxylation sites is 1. The van der Waals surface area contributed by atoms with E-state index in [4.69, 9.17) is 4.74 Å². The number of hydrogen-bond donors (Lipinski definition) is 1. The van der Waals surface area contributed by atoms with Crippen molar-refractivity contribution in [2.75, 3.05) is 19.7 Å². The van der Waals surface area contributed by atoms with Gasteiger partial charge in [0.1, 0.15) is 11.9 Å². The Morgan fingerprint density at radius 2 is 1.93 bits per heavy atom. The maximum Gasteiger partial charge on any atom is 0.347 e. The molecule has 2 aliphatic rings. The number of nitrogens with zero attached hydrogens (tertiary/aromatic N) is 3. The van der Waals surface area contributed by atoms with Gasteiger partial charge in [-0.1, -0.05) is 18.2 Å². The van der Waals surface area contributed by atoms with Gasteiger partial charge in [-0.3, -0.25) is 4.79 Å². The fourth-order valence-electron chi connectivity index (χ4n) is 4.06. The summed E-state index contributed by atoms with van der Waals surface area (Å²) < 4.78 is 7.29. The minimum Gasteiger partial charge on any atom is -0.368 e. The van der Waals surface area contributed by atoms with Crippen molar-refractivity contribution in [1.29, 1.82) is 0 Å². The molecule has 0 saturated carbocycles.